The number of rotatable bonds is 5. The molecule has 0 spiro atoms. The van der Waals surface area contributed by atoms with Gasteiger partial charge in [0.15, 0.2) is 0 Å². The minimum atomic E-state index is -3.20. The molecule has 0 bridgehead atoms. The van der Waals surface area contributed by atoms with Crippen LogP contribution in [0.25, 0.3) is 0 Å². The molecule has 0 aromatic carbocycles. The molecule has 0 radical (unpaired) electrons. The van der Waals surface area contributed by atoms with Crippen LogP contribution in [0.4, 0.5) is 0 Å². The van der Waals surface area contributed by atoms with Crippen molar-refractivity contribution >= 4 is 27.3 Å². The summed E-state index contributed by atoms with van der Waals surface area (Å²) in [6, 6.07) is 1.84. The van der Waals surface area contributed by atoms with Crippen LogP contribution in [0.15, 0.2) is 11.4 Å². The fraction of sp³-hybridized carbons (Fsp3) is 0.500. The molecule has 1 aliphatic rings. The first-order chi connectivity index (χ1) is 11.3. The van der Waals surface area contributed by atoms with Crippen molar-refractivity contribution in [2.75, 3.05) is 12.8 Å². The standard InChI is InChI=1S/C14H19N5O3S2/c1-10-16-12(9-23-10)6-14(20)15-7-11-5-13-8-18(24(2,21)22)3-4-19(13)17-11/h5,9H,3-4,6-8H2,1-2H3,(H,15,20). The lowest BCUT2D eigenvalue weighted by atomic mass is 10.3. The average molecular weight is 369 g/mol. The molecule has 0 aliphatic carbocycles. The summed E-state index contributed by atoms with van der Waals surface area (Å²) in [5, 5.41) is 10.1. The Labute approximate surface area is 144 Å². The van der Waals surface area contributed by atoms with E-state index in [2.05, 4.69) is 15.4 Å². The second kappa shape index (κ2) is 6.61. The van der Waals surface area contributed by atoms with Gasteiger partial charge in [0, 0.05) is 11.9 Å². The van der Waals surface area contributed by atoms with Crippen LogP contribution >= 0.6 is 11.3 Å². The Bertz CT molecular complexity index is 856. The monoisotopic (exact) mass is 369 g/mol. The average Bonchev–Trinajstić information content (AvgIpc) is 3.09. The van der Waals surface area contributed by atoms with Gasteiger partial charge < -0.3 is 5.32 Å². The number of thiazole rings is 1. The summed E-state index contributed by atoms with van der Waals surface area (Å²) in [5.41, 5.74) is 2.33. The zero-order valence-corrected chi connectivity index (χ0v) is 15.2. The van der Waals surface area contributed by atoms with Gasteiger partial charge in [-0.25, -0.2) is 13.4 Å². The Morgan fingerprint density at radius 1 is 1.38 bits per heavy atom. The van der Waals surface area contributed by atoms with Crippen LogP contribution < -0.4 is 5.32 Å². The van der Waals surface area contributed by atoms with Crippen molar-refractivity contribution in [3.05, 3.63) is 33.5 Å². The Kier molecular flexibility index (Phi) is 4.70. The minimum absolute atomic E-state index is 0.107. The summed E-state index contributed by atoms with van der Waals surface area (Å²) in [4.78, 5) is 16.2. The molecule has 10 heteroatoms. The Morgan fingerprint density at radius 2 is 2.17 bits per heavy atom. The number of hydrogen-bond donors (Lipinski definition) is 1. The zero-order valence-electron chi connectivity index (χ0n) is 13.5. The van der Waals surface area contributed by atoms with Crippen LogP contribution in [0.3, 0.4) is 0 Å². The van der Waals surface area contributed by atoms with E-state index in [0.717, 1.165) is 22.1 Å². The molecule has 2 aromatic rings. The lowest BCUT2D eigenvalue weighted by Gasteiger charge is -2.25. The summed E-state index contributed by atoms with van der Waals surface area (Å²) in [6.07, 6.45) is 1.46. The van der Waals surface area contributed by atoms with Crippen LogP contribution in [0, 0.1) is 6.92 Å². The van der Waals surface area contributed by atoms with E-state index in [0.29, 0.717) is 26.2 Å². The second-order valence-corrected chi connectivity index (χ2v) is 8.80. The highest BCUT2D eigenvalue weighted by Crippen LogP contribution is 2.16. The number of amides is 1. The predicted octanol–water partition coefficient (Wildman–Crippen LogP) is 0.282. The van der Waals surface area contributed by atoms with Gasteiger partial charge in [0.05, 0.1) is 54.4 Å². The third-order valence-electron chi connectivity index (χ3n) is 3.76. The zero-order chi connectivity index (χ0) is 17.3. The molecule has 0 fully saturated rings. The van der Waals surface area contributed by atoms with Crippen LogP contribution in [0.2, 0.25) is 0 Å². The van der Waals surface area contributed by atoms with Crippen molar-refractivity contribution in [1.29, 1.82) is 0 Å². The van der Waals surface area contributed by atoms with E-state index < -0.39 is 10.0 Å². The van der Waals surface area contributed by atoms with Crippen molar-refractivity contribution in [2.45, 2.75) is 33.0 Å². The number of sulfonamides is 1. The van der Waals surface area contributed by atoms with E-state index in [9.17, 15) is 13.2 Å². The number of hydrogen-bond acceptors (Lipinski definition) is 6. The first-order valence-electron chi connectivity index (χ1n) is 7.50. The van der Waals surface area contributed by atoms with E-state index in [1.807, 2.05) is 18.4 Å². The van der Waals surface area contributed by atoms with Crippen molar-refractivity contribution < 1.29 is 13.2 Å². The molecule has 8 nitrogen and oxygen atoms in total. The van der Waals surface area contributed by atoms with Gasteiger partial charge >= 0.3 is 0 Å². The molecule has 0 saturated heterocycles. The van der Waals surface area contributed by atoms with Gasteiger partial charge in [0.25, 0.3) is 0 Å². The first-order valence-corrected chi connectivity index (χ1v) is 10.2. The van der Waals surface area contributed by atoms with Crippen LogP contribution in [0.5, 0.6) is 0 Å². The highest BCUT2D eigenvalue weighted by Gasteiger charge is 2.24. The lowest BCUT2D eigenvalue weighted by molar-refractivity contribution is -0.120. The predicted molar refractivity (Wildman–Crippen MR) is 89.9 cm³/mol. The number of aryl methyl sites for hydroxylation is 1. The molecule has 3 rings (SSSR count). The lowest BCUT2D eigenvalue weighted by Crippen LogP contribution is -2.37. The van der Waals surface area contributed by atoms with E-state index >= 15 is 0 Å². The molecule has 130 valence electrons. The summed E-state index contributed by atoms with van der Waals surface area (Å²) in [5.74, 6) is -0.107. The number of fused-ring (bicyclic) bond motifs is 1. The second-order valence-electron chi connectivity index (χ2n) is 5.76. The summed E-state index contributed by atoms with van der Waals surface area (Å²) < 4.78 is 26.5. The normalized spacial score (nSPS) is 15.2. The fourth-order valence-electron chi connectivity index (χ4n) is 2.58. The quantitative estimate of drug-likeness (QED) is 0.817. The van der Waals surface area contributed by atoms with Crippen LogP contribution in [-0.2, 0) is 40.9 Å². The molecular weight excluding hydrogens is 350 g/mol. The van der Waals surface area contributed by atoms with Gasteiger partial charge in [-0.3, -0.25) is 9.48 Å². The number of aromatic nitrogens is 3. The number of carbonyl (C=O) groups is 1. The molecule has 3 heterocycles. The molecule has 2 aromatic heterocycles. The topological polar surface area (TPSA) is 97.2 Å². The van der Waals surface area contributed by atoms with Crippen molar-refractivity contribution in [3.8, 4) is 0 Å². The molecule has 24 heavy (non-hydrogen) atoms. The third-order valence-corrected chi connectivity index (χ3v) is 5.83. The van der Waals surface area contributed by atoms with Gasteiger partial charge in [0.1, 0.15) is 0 Å². The Balaban J connectivity index is 1.57. The van der Waals surface area contributed by atoms with E-state index in [1.165, 1.54) is 21.9 Å². The van der Waals surface area contributed by atoms with Gasteiger partial charge in [-0.2, -0.15) is 9.40 Å². The maximum Gasteiger partial charge on any atom is 0.226 e. The molecule has 0 saturated carbocycles. The molecule has 1 amide bonds. The SMILES string of the molecule is Cc1nc(CC(=O)NCc2cc3n(n2)CCN(S(C)(=O)=O)C3)cs1. The Hall–Kier alpha value is -1.78. The number of carbonyl (C=O) groups excluding carboxylic acids is 1. The van der Waals surface area contributed by atoms with Gasteiger partial charge in [-0.05, 0) is 13.0 Å². The van der Waals surface area contributed by atoms with Gasteiger partial charge in [-0.15, -0.1) is 11.3 Å². The number of nitrogens with one attached hydrogen (secondary N) is 1. The maximum atomic E-state index is 12.0. The largest absolute Gasteiger partial charge is 0.350 e. The fourth-order valence-corrected chi connectivity index (χ4v) is 3.97. The first kappa shape index (κ1) is 17.1. The van der Waals surface area contributed by atoms with Crippen LogP contribution in [0.1, 0.15) is 22.1 Å². The van der Waals surface area contributed by atoms with E-state index in [-0.39, 0.29) is 12.3 Å². The minimum Gasteiger partial charge on any atom is -0.350 e. The van der Waals surface area contributed by atoms with E-state index in [1.54, 1.807) is 4.68 Å². The molecule has 0 unspecified atom stereocenters. The van der Waals surface area contributed by atoms with Crippen LogP contribution in [-0.4, -0.2) is 46.2 Å². The highest BCUT2D eigenvalue weighted by atomic mass is 32.2. The van der Waals surface area contributed by atoms with Crippen molar-refractivity contribution in [3.63, 3.8) is 0 Å². The molecule has 1 N–H and O–H groups in total. The highest BCUT2D eigenvalue weighted by molar-refractivity contribution is 7.88. The molecule has 1 aliphatic heterocycles. The summed E-state index contributed by atoms with van der Waals surface area (Å²) in [6.45, 7) is 3.48. The maximum absolute atomic E-state index is 12.0. The van der Waals surface area contributed by atoms with E-state index in [4.69, 9.17) is 0 Å². The molecule has 0 atom stereocenters. The molecular formula is C14H19N5O3S2. The smallest absolute Gasteiger partial charge is 0.226 e. The third kappa shape index (κ3) is 4.00. The van der Waals surface area contributed by atoms with Crippen molar-refractivity contribution in [1.82, 2.24) is 24.4 Å². The summed E-state index contributed by atoms with van der Waals surface area (Å²) >= 11 is 1.52. The van der Waals surface area contributed by atoms with Gasteiger partial charge in [-0.1, -0.05) is 0 Å². The Morgan fingerprint density at radius 3 is 2.83 bits per heavy atom. The number of nitrogens with zero attached hydrogens (tertiary/aromatic N) is 4. The summed E-state index contributed by atoms with van der Waals surface area (Å²) in [7, 11) is -3.20. The van der Waals surface area contributed by atoms with Crippen molar-refractivity contribution in [2.24, 2.45) is 0 Å². The van der Waals surface area contributed by atoms with Gasteiger partial charge in [0.2, 0.25) is 15.9 Å².